The Bertz CT molecular complexity index is 1470. The summed E-state index contributed by atoms with van der Waals surface area (Å²) in [5.41, 5.74) is 11.0. The third-order valence-electron chi connectivity index (χ3n) is 8.97. The topological polar surface area (TPSA) is 124 Å². The maximum absolute atomic E-state index is 14.4. The number of H-pyrrole nitrogens is 1. The van der Waals surface area contributed by atoms with Gasteiger partial charge in [-0.3, -0.25) is 14.7 Å². The highest BCUT2D eigenvalue weighted by molar-refractivity contribution is 5.96. The Morgan fingerprint density at radius 1 is 1.07 bits per heavy atom. The van der Waals surface area contributed by atoms with E-state index in [9.17, 15) is 14.4 Å². The summed E-state index contributed by atoms with van der Waals surface area (Å²) in [6.07, 6.45) is 4.24. The zero-order chi connectivity index (χ0) is 28.2. The van der Waals surface area contributed by atoms with Crippen LogP contribution in [0.2, 0.25) is 0 Å². The van der Waals surface area contributed by atoms with Crippen LogP contribution in [0.1, 0.15) is 50.3 Å². The summed E-state index contributed by atoms with van der Waals surface area (Å²) in [5, 5.41) is 11.4. The third kappa shape index (κ3) is 4.82. The normalized spacial score (nSPS) is 25.3. The van der Waals surface area contributed by atoms with Crippen molar-refractivity contribution in [1.82, 2.24) is 20.0 Å². The average molecular weight is 543 g/mol. The van der Waals surface area contributed by atoms with Crippen LogP contribution in [-0.4, -0.2) is 57.0 Å². The number of anilines is 1. The number of nitrogens with one attached hydrogen (secondary N) is 2. The van der Waals surface area contributed by atoms with E-state index in [0.717, 1.165) is 33.3 Å². The summed E-state index contributed by atoms with van der Waals surface area (Å²) >= 11 is 0. The maximum Gasteiger partial charge on any atom is 0.315 e. The van der Waals surface area contributed by atoms with Crippen molar-refractivity contribution >= 4 is 34.4 Å². The minimum atomic E-state index is -0.508. The summed E-state index contributed by atoms with van der Waals surface area (Å²) < 4.78 is 0. The number of nitrogens with two attached hydrogens (primary N) is 1. The number of carbonyl (C=O) groups excluding carboxylic acids is 3. The predicted octanol–water partition coefficient (Wildman–Crippen LogP) is 4.08. The number of piperidine rings is 1. The number of hydrogen-bond acceptors (Lipinski definition) is 4. The number of aromatic amines is 1. The summed E-state index contributed by atoms with van der Waals surface area (Å²) in [6, 6.07) is 11.1. The summed E-state index contributed by atoms with van der Waals surface area (Å²) in [6.45, 7) is 7.91. The molecule has 0 saturated carbocycles. The number of aromatic nitrogens is 2. The lowest BCUT2D eigenvalue weighted by Gasteiger charge is -2.45. The molecule has 0 radical (unpaired) electrons. The third-order valence-corrected chi connectivity index (χ3v) is 8.97. The molecule has 4 atom stereocenters. The molecule has 4 amide bonds. The lowest BCUT2D eigenvalue weighted by Crippen LogP contribution is -2.57. The van der Waals surface area contributed by atoms with Crippen LogP contribution in [0.4, 0.5) is 10.5 Å². The molecule has 9 nitrogen and oxygen atoms in total. The van der Waals surface area contributed by atoms with Crippen molar-refractivity contribution in [3.8, 4) is 0 Å². The highest BCUT2D eigenvalue weighted by atomic mass is 16.2. The van der Waals surface area contributed by atoms with Crippen LogP contribution < -0.4 is 11.1 Å². The largest absolute Gasteiger partial charge is 0.351 e. The SMILES string of the molecule is CC(C)(C)CN1Cc2c(ccc3[nH]ncc23)C[C@H](C2CC(C3Cc4ccccc4NC3=O)CCN2C(N)=O)C1=O. The van der Waals surface area contributed by atoms with Crippen molar-refractivity contribution in [1.29, 1.82) is 0 Å². The van der Waals surface area contributed by atoms with Crippen LogP contribution in [0.15, 0.2) is 42.6 Å². The average Bonchev–Trinajstić information content (AvgIpc) is 3.34. The van der Waals surface area contributed by atoms with Gasteiger partial charge in [0.15, 0.2) is 0 Å². The number of para-hydroxylation sites is 1. The number of hydrogen-bond donors (Lipinski definition) is 3. The Hall–Kier alpha value is -3.88. The van der Waals surface area contributed by atoms with Gasteiger partial charge in [-0.2, -0.15) is 5.10 Å². The first-order valence-electron chi connectivity index (χ1n) is 14.3. The quantitative estimate of drug-likeness (QED) is 0.461. The van der Waals surface area contributed by atoms with Gasteiger partial charge >= 0.3 is 6.03 Å². The molecule has 3 aromatic rings. The zero-order valence-electron chi connectivity index (χ0n) is 23.4. The first-order valence-corrected chi connectivity index (χ1v) is 14.3. The number of nitrogens with zero attached hydrogens (tertiary/aromatic N) is 3. The van der Waals surface area contributed by atoms with E-state index in [-0.39, 0.29) is 35.1 Å². The molecular formula is C31H38N6O3. The fourth-order valence-electron chi connectivity index (χ4n) is 7.14. The van der Waals surface area contributed by atoms with E-state index in [1.54, 1.807) is 4.90 Å². The molecule has 9 heteroatoms. The second-order valence-corrected chi connectivity index (χ2v) is 12.9. The number of carbonyl (C=O) groups is 3. The van der Waals surface area contributed by atoms with E-state index in [1.165, 1.54) is 0 Å². The second-order valence-electron chi connectivity index (χ2n) is 12.9. The van der Waals surface area contributed by atoms with Crippen LogP contribution in [0, 0.1) is 23.2 Å². The Balaban J connectivity index is 1.36. The van der Waals surface area contributed by atoms with Gasteiger partial charge in [0.25, 0.3) is 0 Å². The number of urea groups is 1. The molecule has 0 bridgehead atoms. The number of amides is 4. The molecule has 0 spiro atoms. The summed E-state index contributed by atoms with van der Waals surface area (Å²) in [4.78, 5) is 44.0. The minimum absolute atomic E-state index is 0.0178. The van der Waals surface area contributed by atoms with Crippen LogP contribution in [-0.2, 0) is 29.0 Å². The Morgan fingerprint density at radius 2 is 1.85 bits per heavy atom. The first-order chi connectivity index (χ1) is 19.1. The Kier molecular flexibility index (Phi) is 6.55. The van der Waals surface area contributed by atoms with Gasteiger partial charge in [-0.25, -0.2) is 4.79 Å². The zero-order valence-corrected chi connectivity index (χ0v) is 23.4. The van der Waals surface area contributed by atoms with Gasteiger partial charge < -0.3 is 20.9 Å². The van der Waals surface area contributed by atoms with Crippen molar-refractivity contribution in [2.75, 3.05) is 18.4 Å². The molecule has 40 heavy (non-hydrogen) atoms. The standard InChI is InChI=1S/C31H38N6O3/c1-31(2,3)17-36-16-24-18(8-9-26-23(24)15-33-35-26)12-22(29(36)39)27-14-19(10-11-37(27)30(32)40)21-13-20-6-4-5-7-25(20)34-28(21)38/h4-9,15,19,21-22,27H,10-14,16-17H2,1-3H3,(H2,32,40)(H,33,35)(H,34,38)/t19?,21?,22-,27?/m1/s1. The van der Waals surface area contributed by atoms with Gasteiger partial charge in [0.05, 0.1) is 17.6 Å². The van der Waals surface area contributed by atoms with E-state index in [0.29, 0.717) is 45.3 Å². The maximum atomic E-state index is 14.4. The van der Waals surface area contributed by atoms with Crippen LogP contribution >= 0.6 is 0 Å². The van der Waals surface area contributed by atoms with E-state index in [4.69, 9.17) is 5.73 Å². The number of fused-ring (bicyclic) bond motifs is 4. The van der Waals surface area contributed by atoms with Crippen molar-refractivity contribution in [2.24, 2.45) is 28.9 Å². The number of primary amides is 1. The smallest absolute Gasteiger partial charge is 0.315 e. The molecule has 210 valence electrons. The van der Waals surface area contributed by atoms with Gasteiger partial charge in [-0.05, 0) is 65.8 Å². The van der Waals surface area contributed by atoms with Crippen molar-refractivity contribution < 1.29 is 14.4 Å². The van der Waals surface area contributed by atoms with E-state index in [1.807, 2.05) is 35.4 Å². The molecular weight excluding hydrogens is 504 g/mol. The van der Waals surface area contributed by atoms with Gasteiger partial charge in [0, 0.05) is 42.7 Å². The lowest BCUT2D eigenvalue weighted by molar-refractivity contribution is -0.140. The van der Waals surface area contributed by atoms with Crippen molar-refractivity contribution in [2.45, 2.75) is 59.0 Å². The van der Waals surface area contributed by atoms with E-state index in [2.05, 4.69) is 48.4 Å². The van der Waals surface area contributed by atoms with Crippen molar-refractivity contribution in [3.05, 3.63) is 59.3 Å². The molecule has 6 rings (SSSR count). The first kappa shape index (κ1) is 26.3. The van der Waals surface area contributed by atoms with Gasteiger partial charge in [-0.1, -0.05) is 45.0 Å². The van der Waals surface area contributed by atoms with Crippen molar-refractivity contribution in [3.63, 3.8) is 0 Å². The highest BCUT2D eigenvalue weighted by Crippen LogP contribution is 2.40. The second kappa shape index (κ2) is 9.94. The monoisotopic (exact) mass is 542 g/mol. The molecule has 1 aromatic heterocycles. The molecule has 2 aromatic carbocycles. The number of rotatable bonds is 3. The van der Waals surface area contributed by atoms with Gasteiger partial charge in [0.1, 0.15) is 0 Å². The highest BCUT2D eigenvalue weighted by Gasteiger charge is 2.46. The molecule has 1 saturated heterocycles. The summed E-state index contributed by atoms with van der Waals surface area (Å²) in [7, 11) is 0. The molecule has 4 N–H and O–H groups in total. The Labute approximate surface area is 234 Å². The molecule has 3 unspecified atom stereocenters. The fourth-order valence-corrected chi connectivity index (χ4v) is 7.14. The molecule has 4 heterocycles. The van der Waals surface area contributed by atoms with Crippen LogP contribution in [0.5, 0.6) is 0 Å². The molecule has 3 aliphatic rings. The van der Waals surface area contributed by atoms with Crippen LogP contribution in [0.3, 0.4) is 0 Å². The minimum Gasteiger partial charge on any atom is -0.351 e. The van der Waals surface area contributed by atoms with Gasteiger partial charge in [0.2, 0.25) is 11.8 Å². The molecule has 0 aliphatic carbocycles. The molecule has 3 aliphatic heterocycles. The number of benzene rings is 2. The molecule has 1 fully saturated rings. The predicted molar refractivity (Wildman–Crippen MR) is 153 cm³/mol. The van der Waals surface area contributed by atoms with E-state index >= 15 is 0 Å². The Morgan fingerprint density at radius 3 is 2.62 bits per heavy atom. The van der Waals surface area contributed by atoms with E-state index < -0.39 is 11.9 Å². The van der Waals surface area contributed by atoms with Gasteiger partial charge in [-0.15, -0.1) is 0 Å². The lowest BCUT2D eigenvalue weighted by atomic mass is 9.73. The summed E-state index contributed by atoms with van der Waals surface area (Å²) in [5.74, 6) is -0.571. The van der Waals surface area contributed by atoms with Crippen LogP contribution in [0.25, 0.3) is 10.9 Å². The number of likely N-dealkylation sites (tertiary alicyclic amines) is 1. The fraction of sp³-hybridized carbons (Fsp3) is 0.484.